The molecular formula is C37H42N6O5. The summed E-state index contributed by atoms with van der Waals surface area (Å²) in [5.41, 5.74) is 9.94. The molecule has 5 rings (SSSR count). The van der Waals surface area contributed by atoms with E-state index in [4.69, 9.17) is 10.5 Å². The second-order valence-corrected chi connectivity index (χ2v) is 12.2. The van der Waals surface area contributed by atoms with Gasteiger partial charge in [-0.05, 0) is 74.1 Å². The van der Waals surface area contributed by atoms with Crippen LogP contribution in [0.4, 0.5) is 27.5 Å². The van der Waals surface area contributed by atoms with Crippen LogP contribution in [-0.2, 0) is 6.54 Å². The molecule has 250 valence electrons. The first-order chi connectivity index (χ1) is 23.1. The lowest BCUT2D eigenvalue weighted by Gasteiger charge is -2.38. The van der Waals surface area contributed by atoms with Gasteiger partial charge >= 0.3 is 6.03 Å². The van der Waals surface area contributed by atoms with Gasteiger partial charge in [0.15, 0.2) is 0 Å². The fraction of sp³-hybridized carbons (Fsp3) is 0.270. The molecule has 1 heterocycles. The van der Waals surface area contributed by atoms with E-state index < -0.39 is 12.1 Å². The number of para-hydroxylation sites is 3. The van der Waals surface area contributed by atoms with Crippen LogP contribution in [0.3, 0.4) is 0 Å². The molecule has 4 amide bonds. The highest BCUT2D eigenvalue weighted by Gasteiger charge is 2.33. The number of amides is 4. The lowest BCUT2D eigenvalue weighted by Crippen LogP contribution is -2.49. The van der Waals surface area contributed by atoms with Crippen molar-refractivity contribution in [1.82, 2.24) is 9.80 Å². The van der Waals surface area contributed by atoms with Gasteiger partial charge in [-0.15, -0.1) is 0 Å². The van der Waals surface area contributed by atoms with Crippen molar-refractivity contribution >= 4 is 40.6 Å². The van der Waals surface area contributed by atoms with E-state index >= 15 is 0 Å². The van der Waals surface area contributed by atoms with Gasteiger partial charge in [-0.2, -0.15) is 0 Å². The quantitative estimate of drug-likeness (QED) is 0.142. The van der Waals surface area contributed by atoms with E-state index in [1.807, 2.05) is 63.4 Å². The number of likely N-dealkylation sites (N-methyl/N-ethyl adjacent to an activating group) is 1. The number of nitrogens with zero attached hydrogens (tertiary/aromatic N) is 2. The molecule has 0 saturated heterocycles. The zero-order chi connectivity index (χ0) is 34.2. The number of hydrogen-bond donors (Lipinski definition) is 5. The highest BCUT2D eigenvalue weighted by molar-refractivity contribution is 6.06. The summed E-state index contributed by atoms with van der Waals surface area (Å²) in [4.78, 5) is 43.0. The minimum atomic E-state index is -0.441. The number of anilines is 4. The molecular weight excluding hydrogens is 608 g/mol. The Labute approximate surface area is 280 Å². The Morgan fingerprint density at radius 1 is 0.958 bits per heavy atom. The van der Waals surface area contributed by atoms with E-state index in [1.54, 1.807) is 59.5 Å². The summed E-state index contributed by atoms with van der Waals surface area (Å²) in [5.74, 6) is -0.181. The van der Waals surface area contributed by atoms with Gasteiger partial charge < -0.3 is 36.4 Å². The number of benzene rings is 4. The lowest BCUT2D eigenvalue weighted by molar-refractivity contribution is 0.0341. The van der Waals surface area contributed by atoms with Gasteiger partial charge in [0.25, 0.3) is 11.8 Å². The molecule has 0 aromatic heterocycles. The smallest absolute Gasteiger partial charge is 0.323 e. The van der Waals surface area contributed by atoms with E-state index in [2.05, 4.69) is 20.9 Å². The summed E-state index contributed by atoms with van der Waals surface area (Å²) in [5, 5.41) is 18.4. The molecule has 0 saturated carbocycles. The zero-order valence-electron chi connectivity index (χ0n) is 27.4. The number of aliphatic hydroxyl groups is 1. The van der Waals surface area contributed by atoms with Crippen LogP contribution in [0, 0.1) is 5.92 Å². The van der Waals surface area contributed by atoms with Gasteiger partial charge in [-0.25, -0.2) is 4.79 Å². The maximum atomic E-state index is 13.8. The third kappa shape index (κ3) is 8.49. The summed E-state index contributed by atoms with van der Waals surface area (Å²) in [6.07, 6.45) is -0.295. The topological polar surface area (TPSA) is 149 Å². The minimum absolute atomic E-state index is 0.0653. The molecule has 0 fully saturated rings. The van der Waals surface area contributed by atoms with Crippen molar-refractivity contribution in [2.45, 2.75) is 32.5 Å². The summed E-state index contributed by atoms with van der Waals surface area (Å²) in [7, 11) is 1.99. The standard InChI is InChI=1S/C37H42N6O5/c1-24-20-43(25(2)23-44)36(46)30-19-29(40-37(47)39-28-9-5-4-6-10-28)17-18-33(30)48-34(24)22-42(3)21-26-13-15-27(16-14-26)35(45)41-32-12-8-7-11-31(32)38/h4-19,24-25,34,44H,20-23,38H2,1-3H3,(H,41,45)(H2,39,40,47)/t24-,25-,34-/m1/s1. The molecule has 0 unspecified atom stereocenters. The average molecular weight is 651 g/mol. The number of nitrogens with two attached hydrogens (primary N) is 1. The maximum absolute atomic E-state index is 13.8. The first-order valence-corrected chi connectivity index (χ1v) is 15.9. The second kappa shape index (κ2) is 15.5. The van der Waals surface area contributed by atoms with Crippen LogP contribution in [0.2, 0.25) is 0 Å². The molecule has 11 heteroatoms. The summed E-state index contributed by atoms with van der Waals surface area (Å²) in [6.45, 7) is 5.17. The Kier molecular flexibility index (Phi) is 10.9. The predicted octanol–water partition coefficient (Wildman–Crippen LogP) is 5.52. The van der Waals surface area contributed by atoms with Crippen molar-refractivity contribution in [3.8, 4) is 5.75 Å². The Balaban J connectivity index is 1.28. The van der Waals surface area contributed by atoms with Gasteiger partial charge in [-0.1, -0.05) is 49.4 Å². The van der Waals surface area contributed by atoms with E-state index in [0.717, 1.165) is 5.56 Å². The summed E-state index contributed by atoms with van der Waals surface area (Å²) >= 11 is 0. The molecule has 0 bridgehead atoms. The third-order valence-corrected chi connectivity index (χ3v) is 8.32. The fourth-order valence-electron chi connectivity index (χ4n) is 5.58. The van der Waals surface area contributed by atoms with E-state index in [9.17, 15) is 19.5 Å². The molecule has 11 nitrogen and oxygen atoms in total. The van der Waals surface area contributed by atoms with Crippen LogP contribution in [-0.4, -0.2) is 71.6 Å². The fourth-order valence-corrected chi connectivity index (χ4v) is 5.58. The monoisotopic (exact) mass is 650 g/mol. The van der Waals surface area contributed by atoms with Gasteiger partial charge in [0, 0.05) is 42.5 Å². The van der Waals surface area contributed by atoms with Crippen molar-refractivity contribution in [1.29, 1.82) is 0 Å². The first kappa shape index (κ1) is 34.0. The Hall–Kier alpha value is -5.39. The predicted molar refractivity (Wildman–Crippen MR) is 188 cm³/mol. The average Bonchev–Trinajstić information content (AvgIpc) is 3.08. The normalized spacial score (nSPS) is 16.6. The van der Waals surface area contributed by atoms with E-state index in [0.29, 0.717) is 59.3 Å². The number of rotatable bonds is 10. The molecule has 0 radical (unpaired) electrons. The van der Waals surface area contributed by atoms with Crippen molar-refractivity contribution in [3.05, 3.63) is 114 Å². The number of fused-ring (bicyclic) bond motifs is 1. The van der Waals surface area contributed by atoms with Crippen LogP contribution in [0.1, 0.15) is 40.1 Å². The van der Waals surface area contributed by atoms with Crippen molar-refractivity contribution in [3.63, 3.8) is 0 Å². The second-order valence-electron chi connectivity index (χ2n) is 12.2. The number of hydrogen-bond acceptors (Lipinski definition) is 7. The van der Waals surface area contributed by atoms with Crippen LogP contribution in [0.25, 0.3) is 0 Å². The largest absolute Gasteiger partial charge is 0.488 e. The Morgan fingerprint density at radius 3 is 2.35 bits per heavy atom. The molecule has 1 aliphatic heterocycles. The van der Waals surface area contributed by atoms with Crippen molar-refractivity contribution in [2.75, 3.05) is 48.4 Å². The van der Waals surface area contributed by atoms with Gasteiger partial charge in [0.1, 0.15) is 11.9 Å². The third-order valence-electron chi connectivity index (χ3n) is 8.32. The van der Waals surface area contributed by atoms with Crippen LogP contribution >= 0.6 is 0 Å². The first-order valence-electron chi connectivity index (χ1n) is 15.9. The van der Waals surface area contributed by atoms with Gasteiger partial charge in [-0.3, -0.25) is 14.5 Å². The number of nitrogens with one attached hydrogen (secondary N) is 3. The number of carbonyl (C=O) groups excluding carboxylic acids is 3. The summed E-state index contributed by atoms with van der Waals surface area (Å²) in [6, 6.07) is 27.7. The van der Waals surface area contributed by atoms with Crippen LogP contribution < -0.4 is 26.4 Å². The number of carbonyl (C=O) groups is 3. The zero-order valence-corrected chi connectivity index (χ0v) is 27.4. The minimum Gasteiger partial charge on any atom is -0.488 e. The number of nitrogen functional groups attached to an aromatic ring is 1. The molecule has 0 spiro atoms. The SMILES string of the molecule is C[C@@H]1CN([C@H](C)CO)C(=O)c2cc(NC(=O)Nc3ccccc3)ccc2O[C@@H]1CN(C)Cc1ccc(C(=O)Nc2ccccc2N)cc1. The van der Waals surface area contributed by atoms with Crippen LogP contribution in [0.5, 0.6) is 5.75 Å². The maximum Gasteiger partial charge on any atom is 0.323 e. The number of ether oxygens (including phenoxy) is 1. The Morgan fingerprint density at radius 2 is 1.65 bits per heavy atom. The highest BCUT2D eigenvalue weighted by Crippen LogP contribution is 2.31. The Bertz CT molecular complexity index is 1730. The molecule has 4 aromatic rings. The van der Waals surface area contributed by atoms with Crippen LogP contribution in [0.15, 0.2) is 97.1 Å². The van der Waals surface area contributed by atoms with E-state index in [1.165, 1.54) is 0 Å². The lowest BCUT2D eigenvalue weighted by atomic mass is 9.99. The molecule has 6 N–H and O–H groups in total. The number of aliphatic hydroxyl groups excluding tert-OH is 1. The van der Waals surface area contributed by atoms with Crippen molar-refractivity contribution in [2.24, 2.45) is 5.92 Å². The molecule has 3 atom stereocenters. The molecule has 4 aromatic carbocycles. The van der Waals surface area contributed by atoms with Gasteiger partial charge in [0.05, 0.1) is 29.6 Å². The molecule has 1 aliphatic rings. The van der Waals surface area contributed by atoms with Gasteiger partial charge in [0.2, 0.25) is 0 Å². The number of urea groups is 1. The van der Waals surface area contributed by atoms with E-state index in [-0.39, 0.29) is 30.4 Å². The summed E-state index contributed by atoms with van der Waals surface area (Å²) < 4.78 is 6.52. The highest BCUT2D eigenvalue weighted by atomic mass is 16.5. The molecule has 0 aliphatic carbocycles. The molecule has 48 heavy (non-hydrogen) atoms. The van der Waals surface area contributed by atoms with Crippen molar-refractivity contribution < 1.29 is 24.2 Å².